The van der Waals surface area contributed by atoms with Crippen molar-refractivity contribution in [1.29, 1.82) is 0 Å². The minimum absolute atomic E-state index is 0.164. The summed E-state index contributed by atoms with van der Waals surface area (Å²) in [6.07, 6.45) is 5.30. The summed E-state index contributed by atoms with van der Waals surface area (Å²) in [6.45, 7) is 2.89. The zero-order valence-electron chi connectivity index (χ0n) is 13.4. The monoisotopic (exact) mass is 328 g/mol. The lowest BCUT2D eigenvalue weighted by Gasteiger charge is -2.17. The first-order valence-corrected chi connectivity index (χ1v) is 9.17. The van der Waals surface area contributed by atoms with E-state index in [0.717, 1.165) is 6.42 Å². The molecule has 0 amide bonds. The molecular weight excluding hydrogens is 304 g/mol. The van der Waals surface area contributed by atoms with Crippen LogP contribution in [0.4, 0.5) is 5.82 Å². The minimum atomic E-state index is -3.16. The average Bonchev–Trinajstić information content (AvgIpc) is 2.95. The summed E-state index contributed by atoms with van der Waals surface area (Å²) in [5.74, 6) is 1.36. The molecule has 8 heteroatoms. The molecule has 1 atom stereocenters. The molecule has 1 aliphatic rings. The summed E-state index contributed by atoms with van der Waals surface area (Å²) in [5.41, 5.74) is 0. The van der Waals surface area contributed by atoms with Gasteiger partial charge in [-0.25, -0.2) is 8.42 Å². The van der Waals surface area contributed by atoms with Gasteiger partial charge in [0, 0.05) is 20.6 Å². The number of hydrogen-bond donors (Lipinski definition) is 0. The second-order valence-corrected chi connectivity index (χ2v) is 7.75. The highest BCUT2D eigenvalue weighted by atomic mass is 32.2. The summed E-state index contributed by atoms with van der Waals surface area (Å²) in [5, 5.41) is 0. The van der Waals surface area contributed by atoms with Crippen molar-refractivity contribution in [1.82, 2.24) is 14.3 Å². The van der Waals surface area contributed by atoms with Crippen LogP contribution in [-0.2, 0) is 10.0 Å². The molecule has 2 rings (SSSR count). The summed E-state index contributed by atoms with van der Waals surface area (Å²) in [4.78, 5) is 10.3. The molecule has 2 heterocycles. The molecule has 0 spiro atoms. The molecule has 0 aliphatic carbocycles. The molecule has 1 aromatic rings. The van der Waals surface area contributed by atoms with Crippen molar-refractivity contribution < 1.29 is 13.2 Å². The zero-order valence-corrected chi connectivity index (χ0v) is 14.2. The van der Waals surface area contributed by atoms with Gasteiger partial charge in [0.15, 0.2) is 5.82 Å². The number of nitrogens with zero attached hydrogens (tertiary/aromatic N) is 4. The summed E-state index contributed by atoms with van der Waals surface area (Å²) < 4.78 is 31.7. The van der Waals surface area contributed by atoms with Crippen molar-refractivity contribution in [3.63, 3.8) is 0 Å². The van der Waals surface area contributed by atoms with E-state index in [4.69, 9.17) is 4.74 Å². The first-order chi connectivity index (χ1) is 10.4. The fraction of sp³-hybridized carbons (Fsp3) is 0.714. The molecule has 124 valence electrons. The van der Waals surface area contributed by atoms with Gasteiger partial charge in [-0.15, -0.1) is 0 Å². The normalized spacial score (nSPS) is 19.3. The summed E-state index contributed by atoms with van der Waals surface area (Å²) in [6, 6.07) is 0. The molecule has 1 fully saturated rings. The van der Waals surface area contributed by atoms with Crippen molar-refractivity contribution >= 4 is 15.8 Å². The van der Waals surface area contributed by atoms with E-state index in [1.54, 1.807) is 12.4 Å². The summed E-state index contributed by atoms with van der Waals surface area (Å²) >= 11 is 0. The van der Waals surface area contributed by atoms with Crippen LogP contribution in [0.15, 0.2) is 12.4 Å². The number of anilines is 1. The molecular formula is C14H24N4O3S. The predicted octanol–water partition coefficient (Wildman–Crippen LogP) is 1.13. The van der Waals surface area contributed by atoms with Gasteiger partial charge in [-0.05, 0) is 12.8 Å². The zero-order chi connectivity index (χ0) is 16.2. The Morgan fingerprint density at radius 1 is 1.41 bits per heavy atom. The van der Waals surface area contributed by atoms with Crippen molar-refractivity contribution in [2.24, 2.45) is 0 Å². The van der Waals surface area contributed by atoms with Crippen LogP contribution in [0.5, 0.6) is 5.88 Å². The Hall–Kier alpha value is -1.41. The van der Waals surface area contributed by atoms with Gasteiger partial charge < -0.3 is 9.64 Å². The van der Waals surface area contributed by atoms with Crippen LogP contribution in [0.2, 0.25) is 0 Å². The molecule has 0 saturated carbocycles. The first kappa shape index (κ1) is 17.0. The quantitative estimate of drug-likeness (QED) is 0.747. The Morgan fingerprint density at radius 3 is 2.86 bits per heavy atom. The Labute approximate surface area is 132 Å². The van der Waals surface area contributed by atoms with E-state index in [1.165, 1.54) is 4.31 Å². The number of aromatic nitrogens is 2. The smallest absolute Gasteiger partial charge is 0.234 e. The predicted molar refractivity (Wildman–Crippen MR) is 85.7 cm³/mol. The van der Waals surface area contributed by atoms with Gasteiger partial charge in [-0.2, -0.15) is 9.29 Å². The molecule has 0 radical (unpaired) electrons. The topological polar surface area (TPSA) is 75.6 Å². The second kappa shape index (κ2) is 7.23. The highest BCUT2D eigenvalue weighted by Gasteiger charge is 2.32. The molecule has 1 aliphatic heterocycles. The maximum absolute atomic E-state index is 12.2. The van der Waals surface area contributed by atoms with Gasteiger partial charge in [0.05, 0.1) is 24.7 Å². The Morgan fingerprint density at radius 2 is 2.18 bits per heavy atom. The van der Waals surface area contributed by atoms with E-state index < -0.39 is 10.0 Å². The van der Waals surface area contributed by atoms with Gasteiger partial charge in [0.1, 0.15) is 6.10 Å². The van der Waals surface area contributed by atoms with Crippen LogP contribution >= 0.6 is 0 Å². The van der Waals surface area contributed by atoms with Gasteiger partial charge in [0.2, 0.25) is 15.9 Å². The standard InChI is InChI=1S/C14H24N4O3S/c1-4-5-8-22(19,20)18-7-6-12(11-18)21-14-10-15-9-13(16-14)17(2)3/h9-10,12H,4-8,11H2,1-3H3. The maximum Gasteiger partial charge on any atom is 0.234 e. The molecule has 0 N–H and O–H groups in total. The largest absolute Gasteiger partial charge is 0.472 e. The molecule has 1 aromatic heterocycles. The first-order valence-electron chi connectivity index (χ1n) is 7.56. The SMILES string of the molecule is CCCCS(=O)(=O)N1CCC(Oc2cncc(N(C)C)n2)C1. The highest BCUT2D eigenvalue weighted by molar-refractivity contribution is 7.89. The number of rotatable bonds is 7. The van der Waals surface area contributed by atoms with Crippen LogP contribution in [0.25, 0.3) is 0 Å². The van der Waals surface area contributed by atoms with Crippen LogP contribution in [-0.4, -0.2) is 61.7 Å². The molecule has 7 nitrogen and oxygen atoms in total. The lowest BCUT2D eigenvalue weighted by molar-refractivity contribution is 0.206. The lowest BCUT2D eigenvalue weighted by Crippen LogP contribution is -2.32. The van der Waals surface area contributed by atoms with Gasteiger partial charge >= 0.3 is 0 Å². The Bertz CT molecular complexity index is 592. The van der Waals surface area contributed by atoms with E-state index in [0.29, 0.717) is 37.6 Å². The number of sulfonamides is 1. The van der Waals surface area contributed by atoms with Crippen LogP contribution in [0.3, 0.4) is 0 Å². The number of hydrogen-bond acceptors (Lipinski definition) is 6. The maximum atomic E-state index is 12.2. The fourth-order valence-electron chi connectivity index (χ4n) is 2.28. The third-order valence-electron chi connectivity index (χ3n) is 3.60. The third-order valence-corrected chi connectivity index (χ3v) is 5.53. The van der Waals surface area contributed by atoms with Crippen LogP contribution in [0, 0.1) is 0 Å². The second-order valence-electron chi connectivity index (χ2n) is 5.67. The van der Waals surface area contributed by atoms with E-state index in [2.05, 4.69) is 9.97 Å². The van der Waals surface area contributed by atoms with Gasteiger partial charge in [-0.3, -0.25) is 4.98 Å². The van der Waals surface area contributed by atoms with Crippen molar-refractivity contribution in [3.8, 4) is 5.88 Å². The average molecular weight is 328 g/mol. The Kier molecular flexibility index (Phi) is 5.57. The third kappa shape index (κ3) is 4.30. The lowest BCUT2D eigenvalue weighted by atomic mass is 10.3. The van der Waals surface area contributed by atoms with Crippen molar-refractivity contribution in [3.05, 3.63) is 12.4 Å². The number of ether oxygens (including phenoxy) is 1. The molecule has 0 aromatic carbocycles. The van der Waals surface area contributed by atoms with E-state index in [9.17, 15) is 8.42 Å². The fourth-order valence-corrected chi connectivity index (χ4v) is 3.97. The molecule has 1 saturated heterocycles. The minimum Gasteiger partial charge on any atom is -0.472 e. The van der Waals surface area contributed by atoms with Gasteiger partial charge in [0.25, 0.3) is 0 Å². The van der Waals surface area contributed by atoms with Crippen LogP contribution < -0.4 is 9.64 Å². The van der Waals surface area contributed by atoms with Crippen LogP contribution in [0.1, 0.15) is 26.2 Å². The van der Waals surface area contributed by atoms with E-state index in [1.807, 2.05) is 25.9 Å². The van der Waals surface area contributed by atoms with Gasteiger partial charge in [-0.1, -0.05) is 13.3 Å². The van der Waals surface area contributed by atoms with E-state index >= 15 is 0 Å². The highest BCUT2D eigenvalue weighted by Crippen LogP contribution is 2.20. The van der Waals surface area contributed by atoms with Crippen molar-refractivity contribution in [2.75, 3.05) is 37.8 Å². The van der Waals surface area contributed by atoms with Crippen molar-refractivity contribution in [2.45, 2.75) is 32.3 Å². The molecule has 22 heavy (non-hydrogen) atoms. The number of unbranched alkanes of at least 4 members (excludes halogenated alkanes) is 1. The molecule has 1 unspecified atom stereocenters. The molecule has 0 bridgehead atoms. The Balaban J connectivity index is 1.95. The van der Waals surface area contributed by atoms with E-state index in [-0.39, 0.29) is 11.9 Å². The summed E-state index contributed by atoms with van der Waals surface area (Å²) in [7, 11) is 0.601.